The average Bonchev–Trinajstić information content (AvgIpc) is 2.20. The summed E-state index contributed by atoms with van der Waals surface area (Å²) in [7, 11) is 0. The molecular formula is C12H16Cl2N2O. The predicted molar refractivity (Wildman–Crippen MR) is 71.7 cm³/mol. The third-order valence-corrected chi connectivity index (χ3v) is 3.35. The molecule has 0 aliphatic carbocycles. The second-order valence-electron chi connectivity index (χ2n) is 4.22. The molecule has 0 aliphatic heterocycles. The number of urea groups is 1. The molecule has 2 amide bonds. The molecule has 17 heavy (non-hydrogen) atoms. The van der Waals surface area contributed by atoms with Crippen LogP contribution >= 0.6 is 23.2 Å². The van der Waals surface area contributed by atoms with E-state index >= 15 is 0 Å². The maximum Gasteiger partial charge on any atom is 0.312 e. The molecular weight excluding hydrogens is 259 g/mol. The highest BCUT2D eigenvalue weighted by Crippen LogP contribution is 2.28. The van der Waals surface area contributed by atoms with Gasteiger partial charge in [-0.2, -0.15) is 0 Å². The summed E-state index contributed by atoms with van der Waals surface area (Å²) in [6.45, 7) is 3.98. The molecule has 1 aromatic rings. The molecule has 2 unspecified atom stereocenters. The van der Waals surface area contributed by atoms with E-state index in [1.54, 1.807) is 6.07 Å². The molecule has 5 heteroatoms. The fraction of sp³-hybridized carbons (Fsp3) is 0.417. The molecule has 1 rings (SSSR count). The summed E-state index contributed by atoms with van der Waals surface area (Å²) in [4.78, 5) is 10.7. The maximum atomic E-state index is 10.7. The first kappa shape index (κ1) is 14.1. The standard InChI is InChI=1S/C12H16Cl2N2O/c1-7(5-8(2)16-12(15)17)9-3-4-10(13)11(14)6-9/h3-4,6-8H,5H2,1-2H3,(H3,15,16,17). The monoisotopic (exact) mass is 274 g/mol. The van der Waals surface area contributed by atoms with Crippen LogP contribution in [0.4, 0.5) is 4.79 Å². The minimum Gasteiger partial charge on any atom is -0.352 e. The molecule has 0 fully saturated rings. The van der Waals surface area contributed by atoms with E-state index in [9.17, 15) is 4.79 Å². The summed E-state index contributed by atoms with van der Waals surface area (Å²) in [5.41, 5.74) is 6.16. The van der Waals surface area contributed by atoms with Gasteiger partial charge < -0.3 is 11.1 Å². The van der Waals surface area contributed by atoms with Crippen molar-refractivity contribution < 1.29 is 4.79 Å². The Balaban J connectivity index is 2.66. The van der Waals surface area contributed by atoms with Gasteiger partial charge in [0.1, 0.15) is 0 Å². The zero-order valence-electron chi connectivity index (χ0n) is 9.84. The van der Waals surface area contributed by atoms with E-state index < -0.39 is 6.03 Å². The number of nitrogens with two attached hydrogens (primary N) is 1. The largest absolute Gasteiger partial charge is 0.352 e. The van der Waals surface area contributed by atoms with Crippen molar-refractivity contribution in [3.63, 3.8) is 0 Å². The summed E-state index contributed by atoms with van der Waals surface area (Å²) in [5, 5.41) is 3.74. The molecule has 0 aromatic heterocycles. The van der Waals surface area contributed by atoms with Gasteiger partial charge in [0.25, 0.3) is 0 Å². The van der Waals surface area contributed by atoms with Crippen LogP contribution in [0.15, 0.2) is 18.2 Å². The topological polar surface area (TPSA) is 55.1 Å². The van der Waals surface area contributed by atoms with Crippen LogP contribution in [0.2, 0.25) is 10.0 Å². The zero-order chi connectivity index (χ0) is 13.0. The Hall–Kier alpha value is -0.930. The zero-order valence-corrected chi connectivity index (χ0v) is 11.3. The number of carbonyl (C=O) groups is 1. The van der Waals surface area contributed by atoms with Crippen molar-refractivity contribution in [2.75, 3.05) is 0 Å². The van der Waals surface area contributed by atoms with Crippen LogP contribution in [0.5, 0.6) is 0 Å². The highest BCUT2D eigenvalue weighted by Gasteiger charge is 2.12. The third kappa shape index (κ3) is 4.44. The minimum atomic E-state index is -0.501. The molecule has 3 N–H and O–H groups in total. The van der Waals surface area contributed by atoms with Gasteiger partial charge in [-0.25, -0.2) is 4.79 Å². The van der Waals surface area contributed by atoms with Crippen molar-refractivity contribution in [2.45, 2.75) is 32.2 Å². The van der Waals surface area contributed by atoms with Crippen LogP contribution in [0.1, 0.15) is 31.7 Å². The minimum absolute atomic E-state index is 0.0250. The van der Waals surface area contributed by atoms with E-state index in [0.29, 0.717) is 10.0 Å². The highest BCUT2D eigenvalue weighted by atomic mass is 35.5. The Morgan fingerprint density at radius 3 is 2.53 bits per heavy atom. The van der Waals surface area contributed by atoms with E-state index in [4.69, 9.17) is 28.9 Å². The van der Waals surface area contributed by atoms with Gasteiger partial charge in [-0.3, -0.25) is 0 Å². The van der Waals surface area contributed by atoms with E-state index in [-0.39, 0.29) is 12.0 Å². The molecule has 0 aliphatic rings. The van der Waals surface area contributed by atoms with Gasteiger partial charge in [-0.1, -0.05) is 36.2 Å². The summed E-state index contributed by atoms with van der Waals surface area (Å²) in [5.74, 6) is 0.270. The van der Waals surface area contributed by atoms with Crippen LogP contribution in [-0.2, 0) is 0 Å². The first-order valence-electron chi connectivity index (χ1n) is 5.41. The second-order valence-corrected chi connectivity index (χ2v) is 5.03. The fourth-order valence-electron chi connectivity index (χ4n) is 1.79. The van der Waals surface area contributed by atoms with Crippen molar-refractivity contribution in [3.8, 4) is 0 Å². The Kier molecular flexibility index (Phi) is 5.09. The number of hydrogen-bond acceptors (Lipinski definition) is 1. The number of benzene rings is 1. The van der Waals surface area contributed by atoms with Crippen molar-refractivity contribution in [1.82, 2.24) is 5.32 Å². The Bertz CT molecular complexity index is 409. The first-order valence-corrected chi connectivity index (χ1v) is 6.16. The van der Waals surface area contributed by atoms with Crippen LogP contribution in [0.3, 0.4) is 0 Å². The van der Waals surface area contributed by atoms with Crippen LogP contribution in [-0.4, -0.2) is 12.1 Å². The van der Waals surface area contributed by atoms with Gasteiger partial charge in [-0.15, -0.1) is 0 Å². The van der Waals surface area contributed by atoms with Crippen LogP contribution < -0.4 is 11.1 Å². The summed E-state index contributed by atoms with van der Waals surface area (Å²) in [6.07, 6.45) is 0.793. The first-order chi connectivity index (χ1) is 7.90. The smallest absolute Gasteiger partial charge is 0.312 e. The Labute approximate surface area is 111 Å². The van der Waals surface area contributed by atoms with Crippen LogP contribution in [0.25, 0.3) is 0 Å². The van der Waals surface area contributed by atoms with Gasteiger partial charge in [0.2, 0.25) is 0 Å². The third-order valence-electron chi connectivity index (χ3n) is 2.61. The van der Waals surface area contributed by atoms with Crippen LogP contribution in [0, 0.1) is 0 Å². The summed E-state index contributed by atoms with van der Waals surface area (Å²) in [6, 6.07) is 5.10. The van der Waals surface area contributed by atoms with Gasteiger partial charge in [-0.05, 0) is 37.0 Å². The lowest BCUT2D eigenvalue weighted by Crippen LogP contribution is -2.37. The molecule has 1 aromatic carbocycles. The Morgan fingerprint density at radius 2 is 2.00 bits per heavy atom. The Morgan fingerprint density at radius 1 is 1.35 bits per heavy atom. The molecule has 0 radical (unpaired) electrons. The molecule has 94 valence electrons. The van der Waals surface area contributed by atoms with Crippen molar-refractivity contribution >= 4 is 29.2 Å². The number of carbonyl (C=O) groups excluding carboxylic acids is 1. The summed E-state index contributed by atoms with van der Waals surface area (Å²) >= 11 is 11.8. The molecule has 0 saturated carbocycles. The maximum absolute atomic E-state index is 10.7. The van der Waals surface area contributed by atoms with Crippen molar-refractivity contribution in [3.05, 3.63) is 33.8 Å². The highest BCUT2D eigenvalue weighted by molar-refractivity contribution is 6.42. The lowest BCUT2D eigenvalue weighted by molar-refractivity contribution is 0.245. The lowest BCUT2D eigenvalue weighted by Gasteiger charge is -2.18. The number of rotatable bonds is 4. The van der Waals surface area contributed by atoms with E-state index in [2.05, 4.69) is 12.2 Å². The molecule has 2 atom stereocenters. The normalized spacial score (nSPS) is 14.1. The lowest BCUT2D eigenvalue weighted by atomic mass is 9.94. The van der Waals surface area contributed by atoms with E-state index in [1.807, 2.05) is 19.1 Å². The van der Waals surface area contributed by atoms with E-state index in [0.717, 1.165) is 12.0 Å². The number of nitrogens with one attached hydrogen (secondary N) is 1. The van der Waals surface area contributed by atoms with Gasteiger partial charge in [0, 0.05) is 6.04 Å². The predicted octanol–water partition coefficient (Wildman–Crippen LogP) is 3.54. The number of primary amides is 1. The van der Waals surface area contributed by atoms with Gasteiger partial charge in [0.05, 0.1) is 10.0 Å². The van der Waals surface area contributed by atoms with Gasteiger partial charge in [0.15, 0.2) is 0 Å². The van der Waals surface area contributed by atoms with Crippen molar-refractivity contribution in [1.29, 1.82) is 0 Å². The molecule has 0 spiro atoms. The number of amides is 2. The number of hydrogen-bond donors (Lipinski definition) is 2. The van der Waals surface area contributed by atoms with E-state index in [1.165, 1.54) is 0 Å². The fourth-order valence-corrected chi connectivity index (χ4v) is 2.09. The number of halogens is 2. The molecule has 0 bridgehead atoms. The quantitative estimate of drug-likeness (QED) is 0.867. The second kappa shape index (κ2) is 6.12. The SMILES string of the molecule is CC(CC(C)c1ccc(Cl)c(Cl)c1)NC(N)=O. The van der Waals surface area contributed by atoms with Gasteiger partial charge >= 0.3 is 6.03 Å². The molecule has 0 heterocycles. The molecule has 0 saturated heterocycles. The summed E-state index contributed by atoms with van der Waals surface area (Å²) < 4.78 is 0. The van der Waals surface area contributed by atoms with Crippen molar-refractivity contribution in [2.24, 2.45) is 5.73 Å². The molecule has 3 nitrogen and oxygen atoms in total. The average molecular weight is 275 g/mol.